The summed E-state index contributed by atoms with van der Waals surface area (Å²) in [5.41, 5.74) is 2.29. The SMILES string of the molecule is CCCCCCCCOc1ccc(C=C(C#N)c2ccc(OC)c(OC)c2)cc1. The van der Waals surface area contributed by atoms with E-state index >= 15 is 0 Å². The fraction of sp³-hybridized carbons (Fsp3) is 0.400. The molecule has 154 valence electrons. The summed E-state index contributed by atoms with van der Waals surface area (Å²) in [7, 11) is 3.18. The molecule has 0 amide bonds. The second kappa shape index (κ2) is 12.5. The van der Waals surface area contributed by atoms with Crippen LogP contribution in [0, 0.1) is 11.3 Å². The zero-order valence-corrected chi connectivity index (χ0v) is 17.7. The van der Waals surface area contributed by atoms with Crippen LogP contribution < -0.4 is 14.2 Å². The van der Waals surface area contributed by atoms with Gasteiger partial charge in [0, 0.05) is 0 Å². The Hall–Kier alpha value is -2.93. The van der Waals surface area contributed by atoms with Gasteiger partial charge in [-0.15, -0.1) is 0 Å². The predicted octanol–water partition coefficient (Wildman–Crippen LogP) is 6.51. The summed E-state index contributed by atoms with van der Waals surface area (Å²) < 4.78 is 16.4. The Morgan fingerprint density at radius 3 is 2.24 bits per heavy atom. The van der Waals surface area contributed by atoms with Crippen molar-refractivity contribution in [2.75, 3.05) is 20.8 Å². The van der Waals surface area contributed by atoms with Gasteiger partial charge in [0.2, 0.25) is 0 Å². The van der Waals surface area contributed by atoms with Gasteiger partial charge in [-0.3, -0.25) is 0 Å². The molecule has 2 rings (SSSR count). The number of allylic oxidation sites excluding steroid dienone is 1. The molecule has 0 heterocycles. The van der Waals surface area contributed by atoms with Crippen molar-refractivity contribution in [3.8, 4) is 23.3 Å². The topological polar surface area (TPSA) is 51.5 Å². The first-order valence-electron chi connectivity index (χ1n) is 10.3. The van der Waals surface area contributed by atoms with Crippen molar-refractivity contribution in [2.24, 2.45) is 0 Å². The quantitative estimate of drug-likeness (QED) is 0.234. The minimum Gasteiger partial charge on any atom is -0.494 e. The van der Waals surface area contributed by atoms with Crippen molar-refractivity contribution in [2.45, 2.75) is 45.4 Å². The second-order valence-electron chi connectivity index (χ2n) is 6.92. The molecule has 0 saturated heterocycles. The Balaban J connectivity index is 1.96. The Kier molecular flexibility index (Phi) is 9.65. The molecule has 2 aromatic carbocycles. The minimum absolute atomic E-state index is 0.562. The molecule has 2 aromatic rings. The van der Waals surface area contributed by atoms with Crippen LogP contribution in [0.25, 0.3) is 11.6 Å². The van der Waals surface area contributed by atoms with Gasteiger partial charge in [0.05, 0.1) is 32.5 Å². The van der Waals surface area contributed by atoms with Crippen molar-refractivity contribution >= 4 is 11.6 Å². The normalized spacial score (nSPS) is 11.0. The zero-order chi connectivity index (χ0) is 20.9. The van der Waals surface area contributed by atoms with Crippen LogP contribution in [0.15, 0.2) is 42.5 Å². The lowest BCUT2D eigenvalue weighted by Gasteiger charge is -2.09. The van der Waals surface area contributed by atoms with Gasteiger partial charge in [-0.1, -0.05) is 51.2 Å². The Labute approximate surface area is 174 Å². The Morgan fingerprint density at radius 1 is 0.897 bits per heavy atom. The number of nitriles is 1. The molecule has 0 aliphatic heterocycles. The largest absolute Gasteiger partial charge is 0.494 e. The van der Waals surface area contributed by atoms with Gasteiger partial charge in [0.25, 0.3) is 0 Å². The fourth-order valence-corrected chi connectivity index (χ4v) is 3.08. The van der Waals surface area contributed by atoms with Crippen LogP contribution in [0.1, 0.15) is 56.6 Å². The molecule has 29 heavy (non-hydrogen) atoms. The number of methoxy groups -OCH3 is 2. The highest BCUT2D eigenvalue weighted by Gasteiger charge is 2.08. The van der Waals surface area contributed by atoms with Gasteiger partial charge in [-0.05, 0) is 54.0 Å². The third kappa shape index (κ3) is 7.19. The average molecular weight is 394 g/mol. The van der Waals surface area contributed by atoms with E-state index < -0.39 is 0 Å². The van der Waals surface area contributed by atoms with Crippen LogP contribution in [0.3, 0.4) is 0 Å². The standard InChI is InChI=1S/C25H31NO3/c1-4-5-6-7-8-9-16-29-23-13-10-20(11-14-23)17-22(19-26)21-12-15-24(27-2)25(18-21)28-3/h10-15,17-18H,4-9,16H2,1-3H3. The summed E-state index contributed by atoms with van der Waals surface area (Å²) in [4.78, 5) is 0. The van der Waals surface area contributed by atoms with E-state index in [1.54, 1.807) is 20.3 Å². The van der Waals surface area contributed by atoms with E-state index in [4.69, 9.17) is 14.2 Å². The van der Waals surface area contributed by atoms with Crippen LogP contribution in [-0.4, -0.2) is 20.8 Å². The van der Waals surface area contributed by atoms with Crippen molar-refractivity contribution in [1.29, 1.82) is 5.26 Å². The van der Waals surface area contributed by atoms with Crippen molar-refractivity contribution in [3.63, 3.8) is 0 Å². The Morgan fingerprint density at radius 2 is 1.59 bits per heavy atom. The predicted molar refractivity (Wildman–Crippen MR) is 118 cm³/mol. The number of rotatable bonds is 12. The van der Waals surface area contributed by atoms with Crippen LogP contribution in [0.5, 0.6) is 17.2 Å². The molecular formula is C25H31NO3. The molecule has 0 atom stereocenters. The van der Waals surface area contributed by atoms with Crippen molar-refractivity contribution < 1.29 is 14.2 Å². The highest BCUT2D eigenvalue weighted by molar-refractivity contribution is 5.90. The first-order valence-corrected chi connectivity index (χ1v) is 10.3. The van der Waals surface area contributed by atoms with Crippen molar-refractivity contribution in [1.82, 2.24) is 0 Å². The molecule has 0 aromatic heterocycles. The molecular weight excluding hydrogens is 362 g/mol. The molecule has 0 unspecified atom stereocenters. The smallest absolute Gasteiger partial charge is 0.161 e. The molecule has 0 saturated carbocycles. The van der Waals surface area contributed by atoms with Gasteiger partial charge in [0.15, 0.2) is 11.5 Å². The van der Waals surface area contributed by atoms with Gasteiger partial charge in [0.1, 0.15) is 5.75 Å². The summed E-state index contributed by atoms with van der Waals surface area (Å²) in [5.74, 6) is 2.10. The van der Waals surface area contributed by atoms with Crippen LogP contribution in [0.2, 0.25) is 0 Å². The van der Waals surface area contributed by atoms with E-state index in [9.17, 15) is 5.26 Å². The van der Waals surface area contributed by atoms with Crippen molar-refractivity contribution in [3.05, 3.63) is 53.6 Å². The molecule has 0 aliphatic carbocycles. The third-order valence-corrected chi connectivity index (χ3v) is 4.77. The number of unbranched alkanes of at least 4 members (excludes halogenated alkanes) is 5. The summed E-state index contributed by atoms with van der Waals surface area (Å²) in [6, 6.07) is 15.6. The van der Waals surface area contributed by atoms with E-state index in [0.717, 1.165) is 29.9 Å². The lowest BCUT2D eigenvalue weighted by atomic mass is 10.0. The maximum Gasteiger partial charge on any atom is 0.161 e. The third-order valence-electron chi connectivity index (χ3n) is 4.77. The van der Waals surface area contributed by atoms with Gasteiger partial charge >= 0.3 is 0 Å². The number of hydrogen-bond acceptors (Lipinski definition) is 4. The highest BCUT2D eigenvalue weighted by Crippen LogP contribution is 2.31. The van der Waals surface area contributed by atoms with Crippen LogP contribution >= 0.6 is 0 Å². The summed E-state index contributed by atoms with van der Waals surface area (Å²) in [5, 5.41) is 9.59. The zero-order valence-electron chi connectivity index (χ0n) is 17.7. The second-order valence-corrected chi connectivity index (χ2v) is 6.92. The number of ether oxygens (including phenoxy) is 3. The first-order chi connectivity index (χ1) is 14.2. The molecule has 0 radical (unpaired) electrons. The monoisotopic (exact) mass is 393 g/mol. The number of benzene rings is 2. The average Bonchev–Trinajstić information content (AvgIpc) is 2.77. The van der Waals surface area contributed by atoms with E-state index in [0.29, 0.717) is 17.1 Å². The summed E-state index contributed by atoms with van der Waals surface area (Å²) in [6.07, 6.45) is 9.37. The molecule has 4 nitrogen and oxygen atoms in total. The van der Waals surface area contributed by atoms with E-state index in [1.807, 2.05) is 42.5 Å². The molecule has 0 fully saturated rings. The maximum atomic E-state index is 9.59. The van der Waals surface area contributed by atoms with E-state index in [-0.39, 0.29) is 0 Å². The number of nitrogens with zero attached hydrogens (tertiary/aromatic N) is 1. The lowest BCUT2D eigenvalue weighted by Crippen LogP contribution is -1.97. The maximum absolute atomic E-state index is 9.59. The molecule has 0 N–H and O–H groups in total. The van der Waals surface area contributed by atoms with Gasteiger partial charge < -0.3 is 14.2 Å². The fourth-order valence-electron chi connectivity index (χ4n) is 3.08. The summed E-state index contributed by atoms with van der Waals surface area (Å²) in [6.45, 7) is 2.98. The van der Waals surface area contributed by atoms with E-state index in [1.165, 1.54) is 32.1 Å². The molecule has 0 aliphatic rings. The minimum atomic E-state index is 0.562. The molecule has 0 bridgehead atoms. The van der Waals surface area contributed by atoms with Crippen LogP contribution in [0.4, 0.5) is 0 Å². The highest BCUT2D eigenvalue weighted by atomic mass is 16.5. The van der Waals surface area contributed by atoms with Gasteiger partial charge in [-0.2, -0.15) is 5.26 Å². The first kappa shape index (κ1) is 22.4. The number of hydrogen-bond donors (Lipinski definition) is 0. The summed E-state index contributed by atoms with van der Waals surface area (Å²) >= 11 is 0. The lowest BCUT2D eigenvalue weighted by molar-refractivity contribution is 0.304. The molecule has 4 heteroatoms. The van der Waals surface area contributed by atoms with Gasteiger partial charge in [-0.25, -0.2) is 0 Å². The van der Waals surface area contributed by atoms with Crippen LogP contribution in [-0.2, 0) is 0 Å². The van der Waals surface area contributed by atoms with E-state index in [2.05, 4.69) is 13.0 Å². The Bertz CT molecular complexity index is 819. The molecule has 0 spiro atoms.